The molecule has 6 nitrogen and oxygen atoms in total. The number of aryl methyl sites for hydroxylation is 1. The number of pyridine rings is 1. The molecule has 37 heavy (non-hydrogen) atoms. The van der Waals surface area contributed by atoms with Gasteiger partial charge in [-0.1, -0.05) is 42.5 Å². The van der Waals surface area contributed by atoms with Gasteiger partial charge in [0, 0.05) is 28.9 Å². The number of carbonyl (C=O) groups is 1. The summed E-state index contributed by atoms with van der Waals surface area (Å²) in [4.78, 5) is 21.3. The summed E-state index contributed by atoms with van der Waals surface area (Å²) in [6.45, 7) is 2.05. The lowest BCUT2D eigenvalue weighted by Gasteiger charge is -2.22. The highest BCUT2D eigenvalue weighted by molar-refractivity contribution is 5.90. The number of hydrogen-bond acceptors (Lipinski definition) is 4. The van der Waals surface area contributed by atoms with Crippen molar-refractivity contribution in [3.8, 4) is 22.6 Å². The third kappa shape index (κ3) is 5.33. The first kappa shape index (κ1) is 24.1. The maximum Gasteiger partial charge on any atom is 0.225 e. The van der Waals surface area contributed by atoms with Gasteiger partial charge in [-0.2, -0.15) is 0 Å². The molecule has 1 unspecified atom stereocenters. The third-order valence-corrected chi connectivity index (χ3v) is 6.61. The molecule has 1 atom stereocenters. The van der Waals surface area contributed by atoms with Gasteiger partial charge in [0.2, 0.25) is 5.91 Å². The number of rotatable bonds is 8. The number of fused-ring (bicyclic) bond motifs is 1. The van der Waals surface area contributed by atoms with Crippen molar-refractivity contribution >= 4 is 16.8 Å². The second-order valence-electron chi connectivity index (χ2n) is 9.15. The average Bonchev–Trinajstić information content (AvgIpc) is 3.30. The molecule has 2 heterocycles. The zero-order valence-corrected chi connectivity index (χ0v) is 20.9. The van der Waals surface area contributed by atoms with Gasteiger partial charge in [0.1, 0.15) is 11.5 Å². The number of aromatic nitrogens is 2. The van der Waals surface area contributed by atoms with E-state index < -0.39 is 0 Å². The lowest BCUT2D eigenvalue weighted by Crippen LogP contribution is -2.32. The van der Waals surface area contributed by atoms with Crippen LogP contribution in [0.3, 0.4) is 0 Å². The molecular weight excluding hydrogens is 462 g/mol. The van der Waals surface area contributed by atoms with Crippen LogP contribution in [0.5, 0.6) is 11.5 Å². The van der Waals surface area contributed by atoms with Crippen molar-refractivity contribution in [3.05, 3.63) is 114 Å². The molecule has 0 radical (unpaired) electrons. The van der Waals surface area contributed by atoms with Gasteiger partial charge < -0.3 is 20.1 Å². The number of aromatic amines is 1. The number of methoxy groups -OCH3 is 1. The molecule has 1 amide bonds. The van der Waals surface area contributed by atoms with Crippen molar-refractivity contribution < 1.29 is 14.6 Å². The van der Waals surface area contributed by atoms with Crippen LogP contribution in [-0.2, 0) is 17.6 Å². The van der Waals surface area contributed by atoms with Crippen LogP contribution in [0, 0.1) is 6.92 Å². The molecule has 0 fully saturated rings. The highest BCUT2D eigenvalue weighted by atomic mass is 16.5. The highest BCUT2D eigenvalue weighted by Gasteiger charge is 2.22. The first-order chi connectivity index (χ1) is 18.0. The molecule has 5 rings (SSSR count). The molecule has 2 aromatic heterocycles. The fraction of sp³-hybridized carbons (Fsp3) is 0.161. The number of amides is 1. The Kier molecular flexibility index (Phi) is 6.90. The summed E-state index contributed by atoms with van der Waals surface area (Å²) < 4.78 is 5.39. The van der Waals surface area contributed by atoms with E-state index in [4.69, 9.17) is 9.72 Å². The van der Waals surface area contributed by atoms with E-state index >= 15 is 0 Å². The van der Waals surface area contributed by atoms with Crippen LogP contribution in [0.15, 0.2) is 91.3 Å². The summed E-state index contributed by atoms with van der Waals surface area (Å²) in [5, 5.41) is 14.0. The number of aromatic hydroxyl groups is 1. The van der Waals surface area contributed by atoms with Crippen molar-refractivity contribution in [1.82, 2.24) is 15.3 Å². The quantitative estimate of drug-likeness (QED) is 0.252. The zero-order chi connectivity index (χ0) is 25.8. The molecule has 3 aromatic carbocycles. The predicted octanol–water partition coefficient (Wildman–Crippen LogP) is 5.90. The molecule has 6 heteroatoms. The van der Waals surface area contributed by atoms with Crippen LogP contribution in [0.25, 0.3) is 22.0 Å². The second-order valence-corrected chi connectivity index (χ2v) is 9.15. The number of phenols is 1. The molecule has 186 valence electrons. The molecular formula is C31H29N3O3. The zero-order valence-electron chi connectivity index (χ0n) is 20.9. The van der Waals surface area contributed by atoms with E-state index in [0.717, 1.165) is 50.2 Å². The summed E-state index contributed by atoms with van der Waals surface area (Å²) in [6, 6.07) is 24.8. The normalized spacial score (nSPS) is 11.8. The van der Waals surface area contributed by atoms with Crippen LogP contribution in [0.2, 0.25) is 0 Å². The van der Waals surface area contributed by atoms with Crippen LogP contribution < -0.4 is 10.1 Å². The van der Waals surface area contributed by atoms with Crippen LogP contribution in [0.4, 0.5) is 0 Å². The van der Waals surface area contributed by atoms with Crippen LogP contribution in [-0.4, -0.2) is 28.1 Å². The number of benzene rings is 3. The highest BCUT2D eigenvalue weighted by Crippen LogP contribution is 2.33. The van der Waals surface area contributed by atoms with E-state index in [2.05, 4.69) is 22.4 Å². The lowest BCUT2D eigenvalue weighted by atomic mass is 9.93. The van der Waals surface area contributed by atoms with Gasteiger partial charge >= 0.3 is 0 Å². The van der Waals surface area contributed by atoms with Gasteiger partial charge in [-0.3, -0.25) is 9.78 Å². The Labute approximate surface area is 216 Å². The van der Waals surface area contributed by atoms with Crippen molar-refractivity contribution in [1.29, 1.82) is 0 Å². The first-order valence-electron chi connectivity index (χ1n) is 12.2. The Morgan fingerprint density at radius 3 is 2.65 bits per heavy atom. The van der Waals surface area contributed by atoms with E-state index in [9.17, 15) is 9.90 Å². The summed E-state index contributed by atoms with van der Waals surface area (Å²) >= 11 is 0. The smallest absolute Gasteiger partial charge is 0.225 e. The van der Waals surface area contributed by atoms with E-state index in [-0.39, 0.29) is 24.1 Å². The van der Waals surface area contributed by atoms with Gasteiger partial charge in [-0.15, -0.1) is 0 Å². The minimum Gasteiger partial charge on any atom is -0.508 e. The number of carbonyl (C=O) groups excluding carboxylic acids is 1. The van der Waals surface area contributed by atoms with Crippen molar-refractivity contribution in [2.45, 2.75) is 25.8 Å². The molecule has 0 aliphatic heterocycles. The largest absolute Gasteiger partial charge is 0.508 e. The molecule has 0 spiro atoms. The fourth-order valence-corrected chi connectivity index (χ4v) is 4.79. The van der Waals surface area contributed by atoms with E-state index in [0.29, 0.717) is 6.42 Å². The molecule has 5 aromatic rings. The Morgan fingerprint density at radius 1 is 1.03 bits per heavy atom. The fourth-order valence-electron chi connectivity index (χ4n) is 4.79. The molecule has 0 bridgehead atoms. The number of hydrogen-bond donors (Lipinski definition) is 3. The maximum absolute atomic E-state index is 13.4. The van der Waals surface area contributed by atoms with E-state index in [1.54, 1.807) is 25.4 Å². The Balaban J connectivity index is 1.49. The Bertz CT molecular complexity index is 1540. The molecule has 0 aliphatic rings. The predicted molar refractivity (Wildman–Crippen MR) is 146 cm³/mol. The molecule has 0 aliphatic carbocycles. The minimum absolute atomic E-state index is 0.117. The number of nitrogens with one attached hydrogen (secondary N) is 2. The van der Waals surface area contributed by atoms with Crippen molar-refractivity contribution in [2.24, 2.45) is 0 Å². The van der Waals surface area contributed by atoms with Crippen LogP contribution in [0.1, 0.15) is 28.4 Å². The monoisotopic (exact) mass is 491 g/mol. The van der Waals surface area contributed by atoms with Gasteiger partial charge in [-0.05, 0) is 72.0 Å². The van der Waals surface area contributed by atoms with Crippen molar-refractivity contribution in [3.63, 3.8) is 0 Å². The van der Waals surface area contributed by atoms with Gasteiger partial charge in [-0.25, -0.2) is 0 Å². The topological polar surface area (TPSA) is 87.2 Å². The number of ether oxygens (including phenoxy) is 1. The van der Waals surface area contributed by atoms with Crippen LogP contribution >= 0.6 is 0 Å². The lowest BCUT2D eigenvalue weighted by molar-refractivity contribution is -0.121. The second kappa shape index (κ2) is 10.6. The minimum atomic E-state index is -0.341. The van der Waals surface area contributed by atoms with E-state index in [1.807, 2.05) is 67.7 Å². The van der Waals surface area contributed by atoms with Gasteiger partial charge in [0.15, 0.2) is 0 Å². The first-order valence-corrected chi connectivity index (χ1v) is 12.2. The maximum atomic E-state index is 13.4. The molecule has 0 saturated heterocycles. The summed E-state index contributed by atoms with van der Waals surface area (Å²) in [5.41, 5.74) is 6.70. The number of phenolic OH excluding ortho intramolecular Hbond substituents is 1. The van der Waals surface area contributed by atoms with Gasteiger partial charge in [0.05, 0.1) is 25.3 Å². The molecule has 3 N–H and O–H groups in total. The standard InChI is InChI=1S/C31H29N3O3/c1-20-15-24(37-2)11-12-25(20)26-9-6-14-32-31(26)29(16-21-7-4-3-5-8-21)34-30(36)17-22-19-33-28-13-10-23(35)18-27(22)28/h3-15,18-19,29,33,35H,16-17H2,1-2H3,(H,34,36). The van der Waals surface area contributed by atoms with Crippen molar-refractivity contribution in [2.75, 3.05) is 7.11 Å². The molecule has 0 saturated carbocycles. The van der Waals surface area contributed by atoms with Gasteiger partial charge in [0.25, 0.3) is 0 Å². The third-order valence-electron chi connectivity index (χ3n) is 6.61. The van der Waals surface area contributed by atoms with E-state index in [1.165, 1.54) is 0 Å². The summed E-state index contributed by atoms with van der Waals surface area (Å²) in [5.74, 6) is 0.850. The Hall–Kier alpha value is -4.58. The summed E-state index contributed by atoms with van der Waals surface area (Å²) in [6.07, 6.45) is 4.37. The number of nitrogens with zero attached hydrogens (tertiary/aromatic N) is 1. The SMILES string of the molecule is COc1ccc(-c2cccnc2C(Cc2ccccc2)NC(=O)Cc2c[nH]c3ccc(O)cc23)c(C)c1. The number of H-pyrrole nitrogens is 1. The summed E-state index contributed by atoms with van der Waals surface area (Å²) in [7, 11) is 1.66. The Morgan fingerprint density at radius 2 is 1.86 bits per heavy atom. The average molecular weight is 492 g/mol.